The number of benzene rings is 1. The SMILES string of the molecule is Cc1cc(CN(CCc2c[nH]c3ccccc23)C(=O)c2c(C)nn(C)c2C)n(C)n1. The summed E-state index contributed by atoms with van der Waals surface area (Å²) in [5.74, 6) is 0.0109. The Labute approximate surface area is 176 Å². The van der Waals surface area contributed by atoms with Gasteiger partial charge in [0.1, 0.15) is 0 Å². The quantitative estimate of drug-likeness (QED) is 0.535. The van der Waals surface area contributed by atoms with Gasteiger partial charge in [-0.1, -0.05) is 18.2 Å². The molecular formula is C23H28N6O. The van der Waals surface area contributed by atoms with Gasteiger partial charge in [-0.3, -0.25) is 14.2 Å². The Morgan fingerprint density at radius 1 is 1.10 bits per heavy atom. The van der Waals surface area contributed by atoms with Crippen molar-refractivity contribution in [3.63, 3.8) is 0 Å². The maximum absolute atomic E-state index is 13.6. The van der Waals surface area contributed by atoms with E-state index in [1.807, 2.05) is 68.8 Å². The van der Waals surface area contributed by atoms with Crippen LogP contribution in [0.5, 0.6) is 0 Å². The van der Waals surface area contributed by atoms with E-state index in [1.54, 1.807) is 4.68 Å². The molecule has 7 heteroatoms. The number of aromatic amines is 1. The molecule has 0 aliphatic heterocycles. The van der Waals surface area contributed by atoms with Gasteiger partial charge in [0, 0.05) is 43.4 Å². The van der Waals surface area contributed by atoms with E-state index in [-0.39, 0.29) is 5.91 Å². The van der Waals surface area contributed by atoms with Gasteiger partial charge in [-0.2, -0.15) is 10.2 Å². The highest BCUT2D eigenvalue weighted by Crippen LogP contribution is 2.21. The second-order valence-electron chi connectivity index (χ2n) is 7.91. The summed E-state index contributed by atoms with van der Waals surface area (Å²) in [5.41, 5.74) is 6.63. The highest BCUT2D eigenvalue weighted by atomic mass is 16.2. The van der Waals surface area contributed by atoms with Gasteiger partial charge in [0.05, 0.1) is 29.2 Å². The number of rotatable bonds is 6. The van der Waals surface area contributed by atoms with Crippen LogP contribution in [0.15, 0.2) is 36.5 Å². The van der Waals surface area contributed by atoms with Crippen LogP contribution in [-0.2, 0) is 27.1 Å². The number of hydrogen-bond donors (Lipinski definition) is 1. The summed E-state index contributed by atoms with van der Waals surface area (Å²) in [5, 5.41) is 10.1. The number of para-hydroxylation sites is 1. The molecule has 0 saturated carbocycles. The van der Waals surface area contributed by atoms with Crippen molar-refractivity contribution in [2.24, 2.45) is 14.1 Å². The lowest BCUT2D eigenvalue weighted by molar-refractivity contribution is 0.0740. The molecule has 0 aliphatic carbocycles. The maximum atomic E-state index is 13.6. The lowest BCUT2D eigenvalue weighted by Crippen LogP contribution is -2.34. The van der Waals surface area contributed by atoms with Crippen LogP contribution in [-0.4, -0.2) is 41.9 Å². The Hall–Kier alpha value is -3.35. The monoisotopic (exact) mass is 404 g/mol. The number of nitrogens with one attached hydrogen (secondary N) is 1. The summed E-state index contributed by atoms with van der Waals surface area (Å²) >= 11 is 0. The van der Waals surface area contributed by atoms with Crippen molar-refractivity contribution in [1.29, 1.82) is 0 Å². The van der Waals surface area contributed by atoms with E-state index in [0.717, 1.165) is 34.7 Å². The van der Waals surface area contributed by atoms with Gasteiger partial charge in [-0.15, -0.1) is 0 Å². The largest absolute Gasteiger partial charge is 0.361 e. The zero-order valence-electron chi connectivity index (χ0n) is 18.2. The summed E-state index contributed by atoms with van der Waals surface area (Å²) < 4.78 is 3.62. The predicted molar refractivity (Wildman–Crippen MR) is 117 cm³/mol. The van der Waals surface area contributed by atoms with Crippen molar-refractivity contribution in [3.8, 4) is 0 Å². The third kappa shape index (κ3) is 3.63. The van der Waals surface area contributed by atoms with Crippen molar-refractivity contribution < 1.29 is 4.79 Å². The third-order valence-corrected chi connectivity index (χ3v) is 5.79. The summed E-state index contributed by atoms with van der Waals surface area (Å²) in [6.45, 7) is 6.92. The number of H-pyrrole nitrogens is 1. The van der Waals surface area contributed by atoms with E-state index in [4.69, 9.17) is 0 Å². The van der Waals surface area contributed by atoms with Crippen molar-refractivity contribution in [3.05, 3.63) is 70.4 Å². The number of carbonyl (C=O) groups is 1. The summed E-state index contributed by atoms with van der Waals surface area (Å²) in [7, 11) is 3.80. The second kappa shape index (κ2) is 7.82. The molecule has 4 rings (SSSR count). The molecule has 0 aliphatic rings. The molecule has 156 valence electrons. The average Bonchev–Trinajstić information content (AvgIpc) is 3.34. The normalized spacial score (nSPS) is 11.4. The molecular weight excluding hydrogens is 376 g/mol. The van der Waals surface area contributed by atoms with Crippen molar-refractivity contribution in [1.82, 2.24) is 29.4 Å². The highest BCUT2D eigenvalue weighted by molar-refractivity contribution is 5.96. The topological polar surface area (TPSA) is 71.7 Å². The fourth-order valence-corrected chi connectivity index (χ4v) is 4.10. The molecule has 0 radical (unpaired) electrons. The van der Waals surface area contributed by atoms with E-state index in [2.05, 4.69) is 27.3 Å². The van der Waals surface area contributed by atoms with Crippen LogP contribution in [0.3, 0.4) is 0 Å². The smallest absolute Gasteiger partial charge is 0.257 e. The van der Waals surface area contributed by atoms with Crippen molar-refractivity contribution in [2.45, 2.75) is 33.7 Å². The summed E-state index contributed by atoms with van der Waals surface area (Å²) in [6.07, 6.45) is 2.81. The zero-order chi connectivity index (χ0) is 21.4. The van der Waals surface area contributed by atoms with Gasteiger partial charge in [-0.25, -0.2) is 0 Å². The summed E-state index contributed by atoms with van der Waals surface area (Å²) in [6, 6.07) is 10.3. The molecule has 4 aromatic rings. The lowest BCUT2D eigenvalue weighted by Gasteiger charge is -2.23. The predicted octanol–water partition coefficient (Wildman–Crippen LogP) is 3.45. The Morgan fingerprint density at radius 2 is 1.87 bits per heavy atom. The number of fused-ring (bicyclic) bond motifs is 1. The Morgan fingerprint density at radius 3 is 2.53 bits per heavy atom. The van der Waals surface area contributed by atoms with E-state index in [1.165, 1.54) is 10.9 Å². The zero-order valence-corrected chi connectivity index (χ0v) is 18.2. The Balaban J connectivity index is 1.64. The standard InChI is InChI=1S/C23H28N6O/c1-15-12-19(28(5)25-15)14-29(23(30)22-16(2)26-27(4)17(22)3)11-10-18-13-24-21-9-7-6-8-20(18)21/h6-9,12-13,24H,10-11,14H2,1-5H3. The Bertz CT molecular complexity index is 1210. The van der Waals surface area contributed by atoms with Crippen LogP contribution < -0.4 is 0 Å². The second-order valence-corrected chi connectivity index (χ2v) is 7.91. The van der Waals surface area contributed by atoms with Crippen LogP contribution in [0.1, 0.15) is 38.7 Å². The Kier molecular flexibility index (Phi) is 5.20. The molecule has 0 unspecified atom stereocenters. The molecule has 0 fully saturated rings. The van der Waals surface area contributed by atoms with E-state index in [0.29, 0.717) is 18.7 Å². The minimum Gasteiger partial charge on any atom is -0.361 e. The van der Waals surface area contributed by atoms with Gasteiger partial charge in [0.15, 0.2) is 0 Å². The number of aryl methyl sites for hydroxylation is 4. The first-order valence-corrected chi connectivity index (χ1v) is 10.2. The van der Waals surface area contributed by atoms with Crippen LogP contribution in [0.2, 0.25) is 0 Å². The molecule has 0 bridgehead atoms. The van der Waals surface area contributed by atoms with E-state index >= 15 is 0 Å². The number of nitrogens with zero attached hydrogens (tertiary/aromatic N) is 5. The number of aromatic nitrogens is 5. The fraction of sp³-hybridized carbons (Fsp3) is 0.348. The first-order chi connectivity index (χ1) is 14.3. The first kappa shape index (κ1) is 19.9. The molecule has 0 spiro atoms. The van der Waals surface area contributed by atoms with Crippen molar-refractivity contribution in [2.75, 3.05) is 6.54 Å². The first-order valence-electron chi connectivity index (χ1n) is 10.2. The minimum absolute atomic E-state index is 0.0109. The molecule has 3 heterocycles. The number of carbonyl (C=O) groups excluding carboxylic acids is 1. The molecule has 1 amide bonds. The van der Waals surface area contributed by atoms with Crippen molar-refractivity contribution >= 4 is 16.8 Å². The van der Waals surface area contributed by atoms with Crippen LogP contribution in [0.4, 0.5) is 0 Å². The summed E-state index contributed by atoms with van der Waals surface area (Å²) in [4.78, 5) is 18.8. The van der Waals surface area contributed by atoms with Crippen LogP contribution in [0, 0.1) is 20.8 Å². The molecule has 30 heavy (non-hydrogen) atoms. The lowest BCUT2D eigenvalue weighted by atomic mass is 10.1. The molecule has 1 aromatic carbocycles. The van der Waals surface area contributed by atoms with Gasteiger partial charge >= 0.3 is 0 Å². The van der Waals surface area contributed by atoms with E-state index in [9.17, 15) is 4.79 Å². The number of amides is 1. The molecule has 0 saturated heterocycles. The van der Waals surface area contributed by atoms with Gasteiger partial charge in [0.2, 0.25) is 0 Å². The maximum Gasteiger partial charge on any atom is 0.257 e. The van der Waals surface area contributed by atoms with Gasteiger partial charge in [-0.05, 0) is 44.9 Å². The minimum atomic E-state index is 0.0109. The van der Waals surface area contributed by atoms with E-state index < -0.39 is 0 Å². The van der Waals surface area contributed by atoms with Gasteiger partial charge in [0.25, 0.3) is 5.91 Å². The van der Waals surface area contributed by atoms with Gasteiger partial charge < -0.3 is 9.88 Å². The molecule has 1 N–H and O–H groups in total. The molecule has 7 nitrogen and oxygen atoms in total. The molecule has 3 aromatic heterocycles. The number of hydrogen-bond acceptors (Lipinski definition) is 3. The average molecular weight is 405 g/mol. The molecule has 0 atom stereocenters. The fourth-order valence-electron chi connectivity index (χ4n) is 4.10. The highest BCUT2D eigenvalue weighted by Gasteiger charge is 2.24. The third-order valence-electron chi connectivity index (χ3n) is 5.79. The van der Waals surface area contributed by atoms with Crippen LogP contribution in [0.25, 0.3) is 10.9 Å². The van der Waals surface area contributed by atoms with Crippen LogP contribution >= 0.6 is 0 Å².